The number of ether oxygens (including phenoxy) is 1. The van der Waals surface area contributed by atoms with Crippen LogP contribution in [0, 0.1) is 0 Å². The topological polar surface area (TPSA) is 73.1 Å². The number of hydrogen-bond donors (Lipinski definition) is 0. The zero-order chi connectivity index (χ0) is 20.4. The van der Waals surface area contributed by atoms with Crippen LogP contribution in [0.2, 0.25) is 0 Å². The van der Waals surface area contributed by atoms with Gasteiger partial charge >= 0.3 is 0 Å². The zero-order valence-electron chi connectivity index (χ0n) is 16.4. The minimum absolute atomic E-state index is 0.0162. The van der Waals surface area contributed by atoms with Crippen LogP contribution in [0.5, 0.6) is 5.75 Å². The van der Waals surface area contributed by atoms with E-state index >= 15 is 0 Å². The maximum Gasteiger partial charge on any atom is 0.232 e. The number of aryl methyl sites for hydroxylation is 1. The van der Waals surface area contributed by atoms with Gasteiger partial charge in [-0.3, -0.25) is 9.69 Å². The number of pyridine rings is 1. The first-order chi connectivity index (χ1) is 14.0. The summed E-state index contributed by atoms with van der Waals surface area (Å²) in [6.07, 6.45) is 4.51. The van der Waals surface area contributed by atoms with Crippen molar-refractivity contribution in [2.45, 2.75) is 25.7 Å². The molecule has 1 aliphatic rings. The molecule has 1 atom stereocenters. The van der Waals surface area contributed by atoms with E-state index in [0.717, 1.165) is 22.3 Å². The van der Waals surface area contributed by atoms with Crippen molar-refractivity contribution >= 4 is 27.7 Å². The smallest absolute Gasteiger partial charge is 0.232 e. The molecule has 0 bridgehead atoms. The van der Waals surface area contributed by atoms with E-state index in [9.17, 15) is 4.79 Å². The van der Waals surface area contributed by atoms with Crippen molar-refractivity contribution in [3.8, 4) is 5.75 Å². The fraction of sp³-hybridized carbons (Fsp3) is 0.333. The number of carbonyl (C=O) groups is 1. The van der Waals surface area contributed by atoms with Gasteiger partial charge in [0, 0.05) is 24.1 Å². The molecule has 8 heteroatoms. The van der Waals surface area contributed by atoms with Crippen LogP contribution in [-0.4, -0.2) is 38.8 Å². The summed E-state index contributed by atoms with van der Waals surface area (Å²) in [7, 11) is 1.95. The first-order valence-electron chi connectivity index (χ1n) is 9.51. The van der Waals surface area contributed by atoms with Crippen LogP contribution < -0.4 is 9.64 Å². The molecule has 3 heterocycles. The molecule has 0 fully saturated rings. The zero-order valence-corrected chi connectivity index (χ0v) is 18.0. The average molecular weight is 456 g/mol. The molecular weight excluding hydrogens is 434 g/mol. The predicted octanol–water partition coefficient (Wildman–Crippen LogP) is 3.29. The molecule has 7 nitrogen and oxygen atoms in total. The molecule has 0 saturated carbocycles. The largest absolute Gasteiger partial charge is 0.488 e. The van der Waals surface area contributed by atoms with E-state index in [2.05, 4.69) is 50.2 Å². The van der Waals surface area contributed by atoms with Gasteiger partial charge in [0.2, 0.25) is 5.91 Å². The highest BCUT2D eigenvalue weighted by Crippen LogP contribution is 2.32. The van der Waals surface area contributed by atoms with Gasteiger partial charge in [0.15, 0.2) is 11.6 Å². The average Bonchev–Trinajstić information content (AvgIpc) is 3.11. The van der Waals surface area contributed by atoms with Gasteiger partial charge in [-0.1, -0.05) is 31.2 Å². The standard InChI is InChI=1S/C21H22BrN5O2/c1-14(8-19-25-24-13-26(19)2)16-5-3-4-15(9-16)10-20(28)27-6-7-29-18-11-17(22)12-23-21(18)27/h3-5,9,11-14H,6-8,10H2,1-2H3/t14-/m1/s1. The second-order valence-corrected chi connectivity index (χ2v) is 8.17. The number of fused-ring (bicyclic) bond motifs is 1. The summed E-state index contributed by atoms with van der Waals surface area (Å²) >= 11 is 3.39. The second-order valence-electron chi connectivity index (χ2n) is 7.25. The van der Waals surface area contributed by atoms with Gasteiger partial charge in [-0.05, 0) is 39.0 Å². The first kappa shape index (κ1) is 19.6. The summed E-state index contributed by atoms with van der Waals surface area (Å²) < 4.78 is 8.41. The van der Waals surface area contributed by atoms with Crippen LogP contribution in [0.25, 0.3) is 0 Å². The van der Waals surface area contributed by atoms with Gasteiger partial charge < -0.3 is 9.30 Å². The fourth-order valence-corrected chi connectivity index (χ4v) is 3.79. The number of anilines is 1. The number of hydrogen-bond acceptors (Lipinski definition) is 5. The van der Waals surface area contributed by atoms with Crippen molar-refractivity contribution in [2.24, 2.45) is 7.05 Å². The lowest BCUT2D eigenvalue weighted by atomic mass is 9.95. The summed E-state index contributed by atoms with van der Waals surface area (Å²) in [5.74, 6) is 2.45. The van der Waals surface area contributed by atoms with E-state index in [-0.39, 0.29) is 11.8 Å². The third kappa shape index (κ3) is 4.32. The summed E-state index contributed by atoms with van der Waals surface area (Å²) in [4.78, 5) is 19.1. The Balaban J connectivity index is 1.48. The lowest BCUT2D eigenvalue weighted by molar-refractivity contribution is -0.118. The monoisotopic (exact) mass is 455 g/mol. The van der Waals surface area contributed by atoms with E-state index in [1.807, 2.05) is 29.8 Å². The van der Waals surface area contributed by atoms with Gasteiger partial charge in [-0.2, -0.15) is 0 Å². The molecule has 0 saturated heterocycles. The van der Waals surface area contributed by atoms with Crippen molar-refractivity contribution < 1.29 is 9.53 Å². The van der Waals surface area contributed by atoms with Crippen molar-refractivity contribution in [1.82, 2.24) is 19.7 Å². The van der Waals surface area contributed by atoms with Crippen LogP contribution in [0.1, 0.15) is 29.8 Å². The first-order valence-corrected chi connectivity index (χ1v) is 10.3. The van der Waals surface area contributed by atoms with Crippen molar-refractivity contribution in [1.29, 1.82) is 0 Å². The lowest BCUT2D eigenvalue weighted by Crippen LogP contribution is -2.39. The van der Waals surface area contributed by atoms with Gasteiger partial charge in [-0.15, -0.1) is 10.2 Å². The summed E-state index contributed by atoms with van der Waals surface area (Å²) in [5, 5.41) is 8.12. The number of rotatable bonds is 5. The maximum atomic E-state index is 13.0. The van der Waals surface area contributed by atoms with Crippen LogP contribution in [0.15, 0.2) is 47.3 Å². The molecule has 3 aromatic rings. The Morgan fingerprint density at radius 3 is 3.00 bits per heavy atom. The number of nitrogens with zero attached hydrogens (tertiary/aromatic N) is 5. The molecule has 150 valence electrons. The molecule has 0 radical (unpaired) electrons. The fourth-order valence-electron chi connectivity index (χ4n) is 3.48. The van der Waals surface area contributed by atoms with Crippen molar-refractivity contribution in [2.75, 3.05) is 18.1 Å². The van der Waals surface area contributed by atoms with E-state index < -0.39 is 0 Å². The minimum Gasteiger partial charge on any atom is -0.488 e. The van der Waals surface area contributed by atoms with Crippen molar-refractivity contribution in [3.63, 3.8) is 0 Å². The Morgan fingerprint density at radius 2 is 2.21 bits per heavy atom. The van der Waals surface area contributed by atoms with E-state index in [1.54, 1.807) is 17.4 Å². The molecule has 0 unspecified atom stereocenters. The molecule has 1 aliphatic heterocycles. The van der Waals surface area contributed by atoms with E-state index in [4.69, 9.17) is 4.74 Å². The molecular formula is C21H22BrN5O2. The van der Waals surface area contributed by atoms with Crippen LogP contribution in [-0.2, 0) is 24.7 Å². The summed E-state index contributed by atoms with van der Waals surface area (Å²) in [6, 6.07) is 10.0. The molecule has 0 spiro atoms. The molecule has 29 heavy (non-hydrogen) atoms. The normalized spacial score (nSPS) is 14.2. The van der Waals surface area contributed by atoms with Crippen LogP contribution >= 0.6 is 15.9 Å². The summed E-state index contributed by atoms with van der Waals surface area (Å²) in [5.41, 5.74) is 2.17. The molecule has 1 aromatic carbocycles. The Morgan fingerprint density at radius 1 is 1.34 bits per heavy atom. The maximum absolute atomic E-state index is 13.0. The predicted molar refractivity (Wildman–Crippen MR) is 113 cm³/mol. The Hall–Kier alpha value is -2.74. The highest BCUT2D eigenvalue weighted by Gasteiger charge is 2.25. The summed E-state index contributed by atoms with van der Waals surface area (Å²) in [6.45, 7) is 3.13. The molecule has 2 aromatic heterocycles. The van der Waals surface area contributed by atoms with Gasteiger partial charge in [0.1, 0.15) is 18.8 Å². The van der Waals surface area contributed by atoms with Crippen molar-refractivity contribution in [3.05, 3.63) is 64.3 Å². The number of carbonyl (C=O) groups excluding carboxylic acids is 1. The number of aromatic nitrogens is 4. The molecule has 4 rings (SSSR count). The number of benzene rings is 1. The van der Waals surface area contributed by atoms with Gasteiger partial charge in [0.25, 0.3) is 0 Å². The quantitative estimate of drug-likeness (QED) is 0.589. The molecule has 0 aliphatic carbocycles. The third-order valence-electron chi connectivity index (χ3n) is 5.10. The number of amides is 1. The highest BCUT2D eigenvalue weighted by molar-refractivity contribution is 9.10. The molecule has 1 amide bonds. The van der Waals surface area contributed by atoms with Gasteiger partial charge in [-0.25, -0.2) is 4.98 Å². The van der Waals surface area contributed by atoms with Gasteiger partial charge in [0.05, 0.1) is 13.0 Å². The SMILES string of the molecule is C[C@H](Cc1nncn1C)c1cccc(CC(=O)N2CCOc3cc(Br)cnc32)c1. The Bertz CT molecular complexity index is 1040. The highest BCUT2D eigenvalue weighted by atomic mass is 79.9. The number of halogens is 1. The van der Waals surface area contributed by atoms with Crippen LogP contribution in [0.3, 0.4) is 0 Å². The minimum atomic E-state index is 0.0162. The molecule has 0 N–H and O–H groups in total. The second kappa shape index (κ2) is 8.32. The third-order valence-corrected chi connectivity index (χ3v) is 5.53. The Labute approximate surface area is 177 Å². The lowest BCUT2D eigenvalue weighted by Gasteiger charge is -2.28. The van der Waals surface area contributed by atoms with E-state index in [1.165, 1.54) is 5.56 Å². The van der Waals surface area contributed by atoms with Crippen LogP contribution in [0.4, 0.5) is 5.82 Å². The Kier molecular flexibility index (Phi) is 5.62. The van der Waals surface area contributed by atoms with E-state index in [0.29, 0.717) is 31.1 Å².